The van der Waals surface area contributed by atoms with Gasteiger partial charge in [0.1, 0.15) is 6.26 Å². The van der Waals surface area contributed by atoms with Gasteiger partial charge in [0.25, 0.3) is 6.01 Å². The largest absolute Gasteiger partial charge is 0.461 e. The molecule has 1 aromatic rings. The molecule has 0 bridgehead atoms. The van der Waals surface area contributed by atoms with Crippen molar-refractivity contribution in [2.75, 3.05) is 11.9 Å². The van der Waals surface area contributed by atoms with E-state index in [1.165, 1.54) is 6.26 Å². The molecule has 6 heteroatoms. The Morgan fingerprint density at radius 3 is 3.11 bits per heavy atom. The van der Waals surface area contributed by atoms with E-state index in [0.717, 1.165) is 25.7 Å². The Kier molecular flexibility index (Phi) is 4.19. The fourth-order valence-electron chi connectivity index (χ4n) is 2.08. The van der Waals surface area contributed by atoms with Gasteiger partial charge < -0.3 is 19.6 Å². The molecule has 0 radical (unpaired) electrons. The third kappa shape index (κ3) is 3.01. The molecule has 2 N–H and O–H groups in total. The van der Waals surface area contributed by atoms with E-state index in [0.29, 0.717) is 6.61 Å². The summed E-state index contributed by atoms with van der Waals surface area (Å²) in [6, 6.07) is 0.191. The fraction of sp³-hybridized carbons (Fsp3) is 0.667. The van der Waals surface area contributed by atoms with Crippen LogP contribution in [-0.2, 0) is 4.74 Å². The second kappa shape index (κ2) is 5.86. The highest BCUT2D eigenvalue weighted by molar-refractivity contribution is 5.87. The van der Waals surface area contributed by atoms with Gasteiger partial charge in [-0.1, -0.05) is 12.8 Å². The number of hydrogen-bond donors (Lipinski definition) is 2. The molecule has 2 atom stereocenters. The minimum absolute atomic E-state index is 0.0626. The Labute approximate surface area is 105 Å². The first-order valence-corrected chi connectivity index (χ1v) is 6.28. The third-order valence-corrected chi connectivity index (χ3v) is 3.03. The van der Waals surface area contributed by atoms with Crippen molar-refractivity contribution in [3.8, 4) is 0 Å². The van der Waals surface area contributed by atoms with E-state index in [9.17, 15) is 9.90 Å². The van der Waals surface area contributed by atoms with E-state index in [2.05, 4.69) is 10.3 Å². The van der Waals surface area contributed by atoms with Crippen molar-refractivity contribution in [1.29, 1.82) is 0 Å². The molecule has 2 rings (SSSR count). The second-order valence-electron chi connectivity index (χ2n) is 4.36. The summed E-state index contributed by atoms with van der Waals surface area (Å²) >= 11 is 0. The Bertz CT molecular complexity index is 405. The highest BCUT2D eigenvalue weighted by Gasteiger charge is 2.24. The summed E-state index contributed by atoms with van der Waals surface area (Å²) in [5.74, 6) is -0.501. The van der Waals surface area contributed by atoms with E-state index in [-0.39, 0.29) is 17.8 Å². The zero-order valence-corrected chi connectivity index (χ0v) is 10.4. The number of nitrogens with zero attached hydrogens (tertiary/aromatic N) is 1. The minimum Gasteiger partial charge on any atom is -0.461 e. The number of anilines is 1. The van der Waals surface area contributed by atoms with E-state index in [4.69, 9.17) is 9.15 Å². The van der Waals surface area contributed by atoms with Crippen LogP contribution < -0.4 is 5.32 Å². The number of oxazole rings is 1. The fourth-order valence-corrected chi connectivity index (χ4v) is 2.08. The minimum atomic E-state index is -0.501. The molecule has 0 saturated heterocycles. The molecule has 0 spiro atoms. The van der Waals surface area contributed by atoms with Crippen LogP contribution in [0.3, 0.4) is 0 Å². The van der Waals surface area contributed by atoms with Crippen LogP contribution in [0.25, 0.3) is 0 Å². The quantitative estimate of drug-likeness (QED) is 0.793. The Hall–Kier alpha value is -1.56. The second-order valence-corrected chi connectivity index (χ2v) is 4.36. The van der Waals surface area contributed by atoms with Gasteiger partial charge in [0, 0.05) is 0 Å². The first kappa shape index (κ1) is 12.9. The van der Waals surface area contributed by atoms with E-state index < -0.39 is 12.1 Å². The smallest absolute Gasteiger partial charge is 0.360 e. The average Bonchev–Trinajstić information content (AvgIpc) is 2.81. The Morgan fingerprint density at radius 2 is 2.39 bits per heavy atom. The highest BCUT2D eigenvalue weighted by atomic mass is 16.5. The summed E-state index contributed by atoms with van der Waals surface area (Å²) < 4.78 is 9.96. The lowest BCUT2D eigenvalue weighted by molar-refractivity contribution is 0.0519. The maximum absolute atomic E-state index is 11.4. The first-order chi connectivity index (χ1) is 8.70. The lowest BCUT2D eigenvalue weighted by Crippen LogP contribution is -2.36. The molecule has 1 aliphatic carbocycles. The molecule has 100 valence electrons. The lowest BCUT2D eigenvalue weighted by Gasteiger charge is -2.27. The molecule has 0 aliphatic heterocycles. The molecular formula is C12H18N2O4. The van der Waals surface area contributed by atoms with Gasteiger partial charge in [0.05, 0.1) is 18.8 Å². The van der Waals surface area contributed by atoms with Gasteiger partial charge in [-0.15, -0.1) is 0 Å². The number of ether oxygens (including phenoxy) is 1. The number of rotatable bonds is 4. The van der Waals surface area contributed by atoms with E-state index >= 15 is 0 Å². The normalized spacial score (nSPS) is 23.7. The van der Waals surface area contributed by atoms with Crippen molar-refractivity contribution in [1.82, 2.24) is 4.98 Å². The summed E-state index contributed by atoms with van der Waals surface area (Å²) in [6.07, 6.45) is 4.63. The maximum atomic E-state index is 11.4. The molecule has 1 fully saturated rings. The van der Waals surface area contributed by atoms with Crippen LogP contribution >= 0.6 is 0 Å². The molecule has 0 amide bonds. The van der Waals surface area contributed by atoms with Crippen molar-refractivity contribution in [3.05, 3.63) is 12.0 Å². The van der Waals surface area contributed by atoms with Gasteiger partial charge in [-0.3, -0.25) is 0 Å². The van der Waals surface area contributed by atoms with Crippen LogP contribution in [0.1, 0.15) is 43.1 Å². The molecule has 18 heavy (non-hydrogen) atoms. The van der Waals surface area contributed by atoms with Crippen molar-refractivity contribution in [2.45, 2.75) is 44.8 Å². The number of aliphatic hydroxyl groups excluding tert-OH is 1. The van der Waals surface area contributed by atoms with Crippen LogP contribution in [0.4, 0.5) is 6.01 Å². The summed E-state index contributed by atoms with van der Waals surface area (Å²) in [5.41, 5.74) is 0.143. The van der Waals surface area contributed by atoms with Crippen molar-refractivity contribution < 1.29 is 19.1 Å². The zero-order chi connectivity index (χ0) is 13.0. The molecular weight excluding hydrogens is 236 g/mol. The molecule has 1 aliphatic rings. The Balaban J connectivity index is 1.95. The summed E-state index contributed by atoms with van der Waals surface area (Å²) in [7, 11) is 0. The lowest BCUT2D eigenvalue weighted by atomic mass is 9.93. The molecule has 1 aromatic heterocycles. The topological polar surface area (TPSA) is 84.6 Å². The van der Waals surface area contributed by atoms with Gasteiger partial charge in [-0.05, 0) is 19.8 Å². The van der Waals surface area contributed by atoms with Gasteiger partial charge in [0.15, 0.2) is 5.69 Å². The standard InChI is InChI=1S/C12H18N2O4/c1-2-17-11(16)9-7-18-12(14-9)13-8-5-3-4-6-10(8)15/h7-8,10,15H,2-6H2,1H3,(H,13,14). The first-order valence-electron chi connectivity index (χ1n) is 6.28. The third-order valence-electron chi connectivity index (χ3n) is 3.03. The summed E-state index contributed by atoms with van der Waals surface area (Å²) in [5, 5.41) is 12.8. The van der Waals surface area contributed by atoms with Gasteiger partial charge in [-0.25, -0.2) is 4.79 Å². The Morgan fingerprint density at radius 1 is 1.61 bits per heavy atom. The van der Waals surface area contributed by atoms with Crippen LogP contribution in [0.15, 0.2) is 10.7 Å². The number of esters is 1. The molecule has 1 heterocycles. The molecule has 0 aromatic carbocycles. The predicted molar refractivity (Wildman–Crippen MR) is 64.3 cm³/mol. The van der Waals surface area contributed by atoms with Crippen molar-refractivity contribution >= 4 is 12.0 Å². The number of carbonyl (C=O) groups is 1. The summed E-state index contributed by atoms with van der Waals surface area (Å²) in [4.78, 5) is 15.4. The number of hydrogen-bond acceptors (Lipinski definition) is 6. The summed E-state index contributed by atoms with van der Waals surface area (Å²) in [6.45, 7) is 2.03. The molecule has 6 nitrogen and oxygen atoms in total. The van der Waals surface area contributed by atoms with Crippen LogP contribution in [0, 0.1) is 0 Å². The van der Waals surface area contributed by atoms with Crippen molar-refractivity contribution in [2.24, 2.45) is 0 Å². The zero-order valence-electron chi connectivity index (χ0n) is 10.4. The average molecular weight is 254 g/mol. The van der Waals surface area contributed by atoms with E-state index in [1.54, 1.807) is 6.92 Å². The number of aromatic nitrogens is 1. The maximum Gasteiger partial charge on any atom is 0.360 e. The van der Waals surface area contributed by atoms with Crippen LogP contribution in [0.5, 0.6) is 0 Å². The SMILES string of the molecule is CCOC(=O)c1coc(NC2CCCCC2O)n1. The monoisotopic (exact) mass is 254 g/mol. The number of carbonyl (C=O) groups excluding carboxylic acids is 1. The van der Waals surface area contributed by atoms with Gasteiger partial charge >= 0.3 is 5.97 Å². The molecule has 2 unspecified atom stereocenters. The number of aliphatic hydroxyl groups is 1. The highest BCUT2D eigenvalue weighted by Crippen LogP contribution is 2.22. The van der Waals surface area contributed by atoms with Gasteiger partial charge in [-0.2, -0.15) is 4.98 Å². The molecule has 1 saturated carbocycles. The van der Waals surface area contributed by atoms with Crippen molar-refractivity contribution in [3.63, 3.8) is 0 Å². The van der Waals surface area contributed by atoms with E-state index in [1.807, 2.05) is 0 Å². The van der Waals surface area contributed by atoms with Gasteiger partial charge in [0.2, 0.25) is 0 Å². The predicted octanol–water partition coefficient (Wildman–Crippen LogP) is 1.57. The van der Waals surface area contributed by atoms with Crippen LogP contribution in [-0.4, -0.2) is 34.8 Å². The number of nitrogens with one attached hydrogen (secondary N) is 1. The van der Waals surface area contributed by atoms with Crippen LogP contribution in [0.2, 0.25) is 0 Å².